The molecule has 0 unspecified atom stereocenters. The summed E-state index contributed by atoms with van der Waals surface area (Å²) >= 11 is 0. The third-order valence-electron chi connectivity index (χ3n) is 3.53. The zero-order valence-electron chi connectivity index (χ0n) is 13.6. The minimum atomic E-state index is -0.392. The third-order valence-corrected chi connectivity index (χ3v) is 3.53. The first-order chi connectivity index (χ1) is 12.2. The average molecular weight is 336 g/mol. The average Bonchev–Trinajstić information content (AvgIpc) is 3.07. The van der Waals surface area contributed by atoms with Crippen molar-refractivity contribution in [1.82, 2.24) is 10.3 Å². The number of carbonyl (C=O) groups is 2. The van der Waals surface area contributed by atoms with Gasteiger partial charge in [-0.25, -0.2) is 9.78 Å². The molecule has 0 saturated heterocycles. The van der Waals surface area contributed by atoms with Crippen molar-refractivity contribution in [1.29, 1.82) is 0 Å². The molecule has 25 heavy (non-hydrogen) atoms. The number of oxazole rings is 1. The van der Waals surface area contributed by atoms with Crippen LogP contribution in [0, 0.1) is 0 Å². The molecule has 0 bridgehead atoms. The van der Waals surface area contributed by atoms with Gasteiger partial charge >= 0.3 is 5.97 Å². The summed E-state index contributed by atoms with van der Waals surface area (Å²) in [6, 6.07) is 14.2. The Labute approximate surface area is 144 Å². The van der Waals surface area contributed by atoms with Gasteiger partial charge in [0.2, 0.25) is 11.8 Å². The molecule has 0 radical (unpaired) electrons. The molecule has 6 heteroatoms. The van der Waals surface area contributed by atoms with Crippen LogP contribution in [0.1, 0.15) is 21.8 Å². The van der Waals surface area contributed by atoms with Crippen LogP contribution in [0.3, 0.4) is 0 Å². The lowest BCUT2D eigenvalue weighted by Gasteiger charge is -2.04. The number of ether oxygens (including phenoxy) is 1. The van der Waals surface area contributed by atoms with Crippen LogP contribution in [0.4, 0.5) is 0 Å². The maximum absolute atomic E-state index is 11.9. The van der Waals surface area contributed by atoms with Crippen molar-refractivity contribution in [2.75, 3.05) is 7.11 Å². The van der Waals surface area contributed by atoms with E-state index in [0.29, 0.717) is 23.6 Å². The van der Waals surface area contributed by atoms with E-state index >= 15 is 0 Å². The van der Waals surface area contributed by atoms with E-state index in [1.165, 1.54) is 19.3 Å². The van der Waals surface area contributed by atoms with E-state index in [0.717, 1.165) is 11.1 Å². The van der Waals surface area contributed by atoms with Crippen LogP contribution >= 0.6 is 0 Å². The Kier molecular flexibility index (Phi) is 4.89. The van der Waals surface area contributed by atoms with Crippen molar-refractivity contribution < 1.29 is 18.7 Å². The Morgan fingerprint density at radius 1 is 1.16 bits per heavy atom. The molecule has 0 aliphatic heterocycles. The fourth-order valence-electron chi connectivity index (χ4n) is 2.23. The highest BCUT2D eigenvalue weighted by Gasteiger charge is 2.05. The van der Waals surface area contributed by atoms with Crippen LogP contribution < -0.4 is 5.32 Å². The van der Waals surface area contributed by atoms with Gasteiger partial charge < -0.3 is 14.5 Å². The van der Waals surface area contributed by atoms with E-state index in [-0.39, 0.29) is 5.91 Å². The van der Waals surface area contributed by atoms with Gasteiger partial charge in [0.25, 0.3) is 0 Å². The number of hydrogen-bond acceptors (Lipinski definition) is 5. The molecule has 3 aromatic rings. The van der Waals surface area contributed by atoms with Gasteiger partial charge in [-0.3, -0.25) is 4.79 Å². The molecule has 0 aliphatic carbocycles. The van der Waals surface area contributed by atoms with Crippen LogP contribution in [-0.2, 0) is 16.1 Å². The van der Waals surface area contributed by atoms with Gasteiger partial charge in [0.05, 0.1) is 12.7 Å². The second kappa shape index (κ2) is 7.44. The highest BCUT2D eigenvalue weighted by Crippen LogP contribution is 2.15. The predicted octanol–water partition coefficient (Wildman–Crippen LogP) is 2.94. The molecular weight excluding hydrogens is 320 g/mol. The number of fused-ring (bicyclic) bond motifs is 1. The monoisotopic (exact) mass is 336 g/mol. The number of para-hydroxylation sites is 2. The van der Waals surface area contributed by atoms with E-state index < -0.39 is 5.97 Å². The largest absolute Gasteiger partial charge is 0.465 e. The minimum absolute atomic E-state index is 0.265. The standard InChI is InChI=1S/C19H16N2O4/c1-24-19(23)14-8-6-13(7-9-14)12-20-17(22)10-11-18-21-15-4-2-3-5-16(15)25-18/h2-11H,12H2,1H3,(H,20,22)/b11-10+. The number of amides is 1. The first-order valence-electron chi connectivity index (χ1n) is 7.64. The van der Waals surface area contributed by atoms with Crippen LogP contribution in [0.15, 0.2) is 59.0 Å². The molecule has 1 aromatic heterocycles. The Balaban J connectivity index is 1.56. The Hall–Kier alpha value is -3.41. The maximum Gasteiger partial charge on any atom is 0.337 e. The Bertz CT molecular complexity index is 893. The van der Waals surface area contributed by atoms with Crippen LogP contribution in [0.25, 0.3) is 17.2 Å². The number of esters is 1. The van der Waals surface area contributed by atoms with Crippen molar-refractivity contribution in [2.24, 2.45) is 0 Å². The first kappa shape index (κ1) is 16.4. The topological polar surface area (TPSA) is 81.4 Å². The number of rotatable bonds is 5. The summed E-state index contributed by atoms with van der Waals surface area (Å²) in [6.07, 6.45) is 2.89. The van der Waals surface area contributed by atoms with Crippen LogP contribution in [-0.4, -0.2) is 24.0 Å². The molecule has 1 amide bonds. The van der Waals surface area contributed by atoms with Gasteiger partial charge in [-0.05, 0) is 29.8 Å². The summed E-state index contributed by atoms with van der Waals surface area (Å²) < 4.78 is 10.1. The van der Waals surface area contributed by atoms with Gasteiger partial charge in [0.1, 0.15) is 5.52 Å². The summed E-state index contributed by atoms with van der Waals surface area (Å²) in [5, 5.41) is 2.75. The smallest absolute Gasteiger partial charge is 0.337 e. The number of benzene rings is 2. The molecule has 1 heterocycles. The maximum atomic E-state index is 11.9. The second-order valence-electron chi connectivity index (χ2n) is 5.26. The molecular formula is C19H16N2O4. The number of nitrogens with zero attached hydrogens (tertiary/aromatic N) is 1. The lowest BCUT2D eigenvalue weighted by molar-refractivity contribution is -0.116. The lowest BCUT2D eigenvalue weighted by atomic mass is 10.1. The SMILES string of the molecule is COC(=O)c1ccc(CNC(=O)/C=C/c2nc3ccccc3o2)cc1. The van der Waals surface area contributed by atoms with Crippen molar-refractivity contribution in [3.05, 3.63) is 71.6 Å². The summed E-state index contributed by atoms with van der Waals surface area (Å²) in [5.41, 5.74) is 2.76. The third kappa shape index (κ3) is 4.11. The number of hydrogen-bond donors (Lipinski definition) is 1. The number of carbonyl (C=O) groups excluding carboxylic acids is 2. The molecule has 2 aromatic carbocycles. The van der Waals surface area contributed by atoms with Gasteiger partial charge in [-0.2, -0.15) is 0 Å². The first-order valence-corrected chi connectivity index (χ1v) is 7.64. The summed E-state index contributed by atoms with van der Waals surface area (Å²) in [7, 11) is 1.33. The van der Waals surface area contributed by atoms with Gasteiger partial charge in [-0.15, -0.1) is 0 Å². The molecule has 3 rings (SSSR count). The van der Waals surface area contributed by atoms with Gasteiger partial charge in [0.15, 0.2) is 5.58 Å². The van der Waals surface area contributed by atoms with E-state index in [1.807, 2.05) is 24.3 Å². The number of methoxy groups -OCH3 is 1. The summed E-state index contributed by atoms with van der Waals surface area (Å²) in [4.78, 5) is 27.5. The lowest BCUT2D eigenvalue weighted by Crippen LogP contribution is -2.20. The summed E-state index contributed by atoms with van der Waals surface area (Å²) in [6.45, 7) is 0.345. The molecule has 0 fully saturated rings. The molecule has 6 nitrogen and oxygen atoms in total. The fourth-order valence-corrected chi connectivity index (χ4v) is 2.23. The zero-order valence-corrected chi connectivity index (χ0v) is 13.6. The van der Waals surface area contributed by atoms with Crippen LogP contribution in [0.5, 0.6) is 0 Å². The van der Waals surface area contributed by atoms with Crippen molar-refractivity contribution in [3.8, 4) is 0 Å². The van der Waals surface area contributed by atoms with Crippen molar-refractivity contribution in [2.45, 2.75) is 6.54 Å². The predicted molar refractivity (Wildman–Crippen MR) is 92.7 cm³/mol. The highest BCUT2D eigenvalue weighted by molar-refractivity contribution is 5.91. The fraction of sp³-hybridized carbons (Fsp3) is 0.105. The molecule has 0 aliphatic rings. The second-order valence-corrected chi connectivity index (χ2v) is 5.26. The van der Waals surface area contributed by atoms with Crippen molar-refractivity contribution in [3.63, 3.8) is 0 Å². The number of nitrogens with one attached hydrogen (secondary N) is 1. The number of aromatic nitrogens is 1. The molecule has 0 saturated carbocycles. The van der Waals surface area contributed by atoms with E-state index in [1.54, 1.807) is 24.3 Å². The molecule has 126 valence electrons. The highest BCUT2D eigenvalue weighted by atomic mass is 16.5. The molecule has 0 atom stereocenters. The van der Waals surface area contributed by atoms with Crippen molar-refractivity contribution >= 4 is 29.1 Å². The Morgan fingerprint density at radius 2 is 1.92 bits per heavy atom. The minimum Gasteiger partial charge on any atom is -0.465 e. The zero-order chi connectivity index (χ0) is 17.6. The normalized spacial score (nSPS) is 10.9. The molecule has 0 spiro atoms. The van der Waals surface area contributed by atoms with Crippen LogP contribution in [0.2, 0.25) is 0 Å². The van der Waals surface area contributed by atoms with E-state index in [9.17, 15) is 9.59 Å². The van der Waals surface area contributed by atoms with Gasteiger partial charge in [0, 0.05) is 18.7 Å². The van der Waals surface area contributed by atoms with E-state index in [4.69, 9.17) is 4.42 Å². The quantitative estimate of drug-likeness (QED) is 0.572. The summed E-state index contributed by atoms with van der Waals surface area (Å²) in [5.74, 6) is -0.282. The van der Waals surface area contributed by atoms with E-state index in [2.05, 4.69) is 15.0 Å². The Morgan fingerprint density at radius 3 is 2.64 bits per heavy atom. The molecule has 1 N–H and O–H groups in total. The van der Waals surface area contributed by atoms with Gasteiger partial charge in [-0.1, -0.05) is 24.3 Å².